The van der Waals surface area contributed by atoms with Crippen molar-refractivity contribution in [3.05, 3.63) is 42.1 Å². The second kappa shape index (κ2) is 5.90. The van der Waals surface area contributed by atoms with Crippen LogP contribution in [0.15, 0.2) is 36.5 Å². The van der Waals surface area contributed by atoms with Gasteiger partial charge in [-0.3, -0.25) is 9.48 Å². The third-order valence-electron chi connectivity index (χ3n) is 3.43. The van der Waals surface area contributed by atoms with E-state index in [0.717, 1.165) is 23.2 Å². The summed E-state index contributed by atoms with van der Waals surface area (Å²) in [5.41, 5.74) is 3.22. The Morgan fingerprint density at radius 3 is 2.50 bits per heavy atom. The molecule has 0 bridgehead atoms. The van der Waals surface area contributed by atoms with Crippen molar-refractivity contribution in [3.63, 3.8) is 0 Å². The molecule has 1 atom stereocenters. The molecule has 0 aliphatic rings. The molecular formula is C16H21N3O. The molecule has 0 radical (unpaired) electrons. The second-order valence-electron chi connectivity index (χ2n) is 5.11. The minimum atomic E-state index is -0.284. The third-order valence-corrected chi connectivity index (χ3v) is 3.43. The summed E-state index contributed by atoms with van der Waals surface area (Å²) in [5, 5.41) is 4.62. The molecule has 106 valence electrons. The summed E-state index contributed by atoms with van der Waals surface area (Å²) in [7, 11) is 3.53. The standard InChI is InChI=1S/C16H21N3O/c1-5-13-11-19(12(2)16(20)18(3)4)17-15(13)14-9-7-6-8-10-14/h6-12H,5H2,1-4H3/t12-/m0/s1. The third kappa shape index (κ3) is 2.74. The van der Waals surface area contributed by atoms with Crippen molar-refractivity contribution < 1.29 is 4.79 Å². The molecule has 0 fully saturated rings. The van der Waals surface area contributed by atoms with Gasteiger partial charge < -0.3 is 4.90 Å². The van der Waals surface area contributed by atoms with E-state index in [1.807, 2.05) is 43.5 Å². The van der Waals surface area contributed by atoms with Crippen LogP contribution < -0.4 is 0 Å². The Morgan fingerprint density at radius 2 is 1.95 bits per heavy atom. The first kappa shape index (κ1) is 14.3. The molecule has 0 spiro atoms. The fourth-order valence-electron chi connectivity index (χ4n) is 2.21. The molecule has 0 aliphatic carbocycles. The zero-order chi connectivity index (χ0) is 14.7. The van der Waals surface area contributed by atoms with Crippen molar-refractivity contribution in [2.24, 2.45) is 0 Å². The highest BCUT2D eigenvalue weighted by Gasteiger charge is 2.20. The van der Waals surface area contributed by atoms with Crippen molar-refractivity contribution in [2.75, 3.05) is 14.1 Å². The van der Waals surface area contributed by atoms with Crippen molar-refractivity contribution in [1.29, 1.82) is 0 Å². The number of hydrogen-bond acceptors (Lipinski definition) is 2. The fourth-order valence-corrected chi connectivity index (χ4v) is 2.21. The summed E-state index contributed by atoms with van der Waals surface area (Å²) in [6, 6.07) is 9.80. The molecule has 1 aromatic carbocycles. The second-order valence-corrected chi connectivity index (χ2v) is 5.11. The van der Waals surface area contributed by atoms with Gasteiger partial charge in [-0.05, 0) is 18.9 Å². The van der Waals surface area contributed by atoms with Crippen LogP contribution in [0.25, 0.3) is 11.3 Å². The van der Waals surface area contributed by atoms with Gasteiger partial charge in [-0.1, -0.05) is 37.3 Å². The Morgan fingerprint density at radius 1 is 1.30 bits per heavy atom. The van der Waals surface area contributed by atoms with E-state index in [2.05, 4.69) is 12.0 Å². The molecular weight excluding hydrogens is 250 g/mol. The zero-order valence-electron chi connectivity index (χ0n) is 12.5. The molecule has 1 aromatic heterocycles. The van der Waals surface area contributed by atoms with Crippen LogP contribution in [0.3, 0.4) is 0 Å². The Balaban J connectivity index is 2.39. The van der Waals surface area contributed by atoms with Gasteiger partial charge in [-0.15, -0.1) is 0 Å². The number of rotatable bonds is 4. The van der Waals surface area contributed by atoms with Gasteiger partial charge in [0.25, 0.3) is 0 Å². The van der Waals surface area contributed by atoms with E-state index in [1.165, 1.54) is 0 Å². The van der Waals surface area contributed by atoms with Crippen LogP contribution in [0.1, 0.15) is 25.5 Å². The van der Waals surface area contributed by atoms with Gasteiger partial charge in [0.15, 0.2) is 0 Å². The molecule has 0 aliphatic heterocycles. The number of aromatic nitrogens is 2. The van der Waals surface area contributed by atoms with Crippen molar-refractivity contribution in [1.82, 2.24) is 14.7 Å². The van der Waals surface area contributed by atoms with E-state index >= 15 is 0 Å². The summed E-state index contributed by atoms with van der Waals surface area (Å²) in [5.74, 6) is 0.0507. The van der Waals surface area contributed by atoms with E-state index < -0.39 is 0 Å². The van der Waals surface area contributed by atoms with Crippen LogP contribution in [0.4, 0.5) is 0 Å². The maximum atomic E-state index is 12.1. The average Bonchev–Trinajstić information content (AvgIpc) is 2.90. The van der Waals surface area contributed by atoms with Gasteiger partial charge >= 0.3 is 0 Å². The number of hydrogen-bond donors (Lipinski definition) is 0. The number of carbonyl (C=O) groups excluding carboxylic acids is 1. The number of carbonyl (C=O) groups is 1. The number of likely N-dealkylation sites (N-methyl/N-ethyl adjacent to an activating group) is 1. The summed E-state index contributed by atoms with van der Waals surface area (Å²) < 4.78 is 1.77. The zero-order valence-corrected chi connectivity index (χ0v) is 12.5. The van der Waals surface area contributed by atoms with Crippen LogP contribution in [0.2, 0.25) is 0 Å². The lowest BCUT2D eigenvalue weighted by atomic mass is 10.1. The average molecular weight is 271 g/mol. The predicted octanol–water partition coefficient (Wildman–Crippen LogP) is 2.76. The quantitative estimate of drug-likeness (QED) is 0.857. The monoisotopic (exact) mass is 271 g/mol. The highest BCUT2D eigenvalue weighted by atomic mass is 16.2. The summed E-state index contributed by atoms with van der Waals surface area (Å²) >= 11 is 0. The number of aryl methyl sites for hydroxylation is 1. The molecule has 4 nitrogen and oxygen atoms in total. The van der Waals surface area contributed by atoms with E-state index in [1.54, 1.807) is 23.7 Å². The molecule has 1 heterocycles. The molecule has 0 saturated heterocycles. The van der Waals surface area contributed by atoms with E-state index in [4.69, 9.17) is 0 Å². The first-order valence-electron chi connectivity index (χ1n) is 6.89. The maximum absolute atomic E-state index is 12.1. The van der Waals surface area contributed by atoms with Crippen LogP contribution >= 0.6 is 0 Å². The summed E-state index contributed by atoms with van der Waals surface area (Å²) in [6.07, 6.45) is 2.88. The molecule has 1 amide bonds. The van der Waals surface area contributed by atoms with E-state index in [-0.39, 0.29) is 11.9 Å². The first-order chi connectivity index (χ1) is 9.54. The molecule has 0 N–H and O–H groups in total. The summed E-state index contributed by atoms with van der Waals surface area (Å²) in [4.78, 5) is 13.7. The van der Waals surface area contributed by atoms with Crippen LogP contribution in [-0.2, 0) is 11.2 Å². The highest BCUT2D eigenvalue weighted by molar-refractivity contribution is 5.79. The van der Waals surface area contributed by atoms with Gasteiger partial charge in [-0.25, -0.2) is 0 Å². The van der Waals surface area contributed by atoms with Crippen molar-refractivity contribution in [3.8, 4) is 11.3 Å². The number of nitrogens with zero attached hydrogens (tertiary/aromatic N) is 3. The summed E-state index contributed by atoms with van der Waals surface area (Å²) in [6.45, 7) is 3.98. The van der Waals surface area contributed by atoms with Gasteiger partial charge in [0.1, 0.15) is 6.04 Å². The Hall–Kier alpha value is -2.10. The lowest BCUT2D eigenvalue weighted by Crippen LogP contribution is -2.30. The van der Waals surface area contributed by atoms with Crippen molar-refractivity contribution >= 4 is 5.91 Å². The molecule has 2 rings (SSSR count). The lowest BCUT2D eigenvalue weighted by molar-refractivity contribution is -0.131. The minimum absolute atomic E-state index is 0.0507. The number of amides is 1. The smallest absolute Gasteiger partial charge is 0.246 e. The first-order valence-corrected chi connectivity index (χ1v) is 6.89. The van der Waals surface area contributed by atoms with Gasteiger partial charge in [0.2, 0.25) is 5.91 Å². The van der Waals surface area contributed by atoms with E-state index in [9.17, 15) is 4.79 Å². The predicted molar refractivity (Wildman–Crippen MR) is 80.4 cm³/mol. The molecule has 4 heteroatoms. The molecule has 20 heavy (non-hydrogen) atoms. The molecule has 0 unspecified atom stereocenters. The van der Waals surface area contributed by atoms with Crippen LogP contribution in [-0.4, -0.2) is 34.7 Å². The van der Waals surface area contributed by atoms with E-state index in [0.29, 0.717) is 0 Å². The SMILES string of the molecule is CCc1cn([C@@H](C)C(=O)N(C)C)nc1-c1ccccc1. The lowest BCUT2D eigenvalue weighted by Gasteiger charge is -2.16. The normalized spacial score (nSPS) is 12.2. The maximum Gasteiger partial charge on any atom is 0.246 e. The van der Waals surface area contributed by atoms with Crippen LogP contribution in [0.5, 0.6) is 0 Å². The topological polar surface area (TPSA) is 38.1 Å². The molecule has 2 aromatic rings. The van der Waals surface area contributed by atoms with Gasteiger partial charge in [0.05, 0.1) is 5.69 Å². The Labute approximate surface area is 120 Å². The van der Waals surface area contributed by atoms with Gasteiger partial charge in [0, 0.05) is 25.9 Å². The Bertz CT molecular complexity index is 587. The molecule has 0 saturated carbocycles. The highest BCUT2D eigenvalue weighted by Crippen LogP contribution is 2.24. The fraction of sp³-hybridized carbons (Fsp3) is 0.375. The van der Waals surface area contributed by atoms with Crippen molar-refractivity contribution in [2.45, 2.75) is 26.3 Å². The van der Waals surface area contributed by atoms with Gasteiger partial charge in [-0.2, -0.15) is 5.10 Å². The number of benzene rings is 1. The Kier molecular flexibility index (Phi) is 4.23. The largest absolute Gasteiger partial charge is 0.347 e. The minimum Gasteiger partial charge on any atom is -0.347 e. The van der Waals surface area contributed by atoms with Crippen LogP contribution in [0, 0.1) is 0 Å².